The summed E-state index contributed by atoms with van der Waals surface area (Å²) in [6.07, 6.45) is 0.170. The second kappa shape index (κ2) is 6.90. The number of nitrogens with two attached hydrogens (primary N) is 1. The number of aromatic nitrogens is 2. The summed E-state index contributed by atoms with van der Waals surface area (Å²) in [7, 11) is 0. The summed E-state index contributed by atoms with van der Waals surface area (Å²) < 4.78 is 5.43. The van der Waals surface area contributed by atoms with Crippen molar-refractivity contribution in [2.24, 2.45) is 0 Å². The molecule has 3 N–H and O–H groups in total. The van der Waals surface area contributed by atoms with E-state index < -0.39 is 0 Å². The Hall–Kier alpha value is -2.34. The Bertz CT molecular complexity index is 628. The number of benzene rings is 1. The van der Waals surface area contributed by atoms with Crippen molar-refractivity contribution in [3.05, 3.63) is 41.2 Å². The molecule has 0 radical (unpaired) electrons. The average Bonchev–Trinajstić information content (AvgIpc) is 2.37. The van der Waals surface area contributed by atoms with Gasteiger partial charge in [-0.05, 0) is 25.1 Å². The largest absolute Gasteiger partial charge is 0.493 e. The highest BCUT2D eigenvalue weighted by molar-refractivity contribution is 6.29. The Morgan fingerprint density at radius 2 is 2.19 bits per heavy atom. The number of nitrogen functional groups attached to an aromatic ring is 1. The fraction of sp³-hybridized carbons (Fsp3) is 0.214. The van der Waals surface area contributed by atoms with Gasteiger partial charge < -0.3 is 10.5 Å². The first kappa shape index (κ1) is 15.1. The summed E-state index contributed by atoms with van der Waals surface area (Å²) in [6, 6.07) is 8.63. The standard InChI is InChI=1S/C14H15ClN4O2/c1-9-7-12(15)18-14(17-9)19-13(20)5-6-21-11-4-2-3-10(16)8-11/h2-4,7-8H,5-6,16H2,1H3,(H,17,18,19,20). The fourth-order valence-electron chi connectivity index (χ4n) is 1.64. The van der Waals surface area contributed by atoms with Crippen LogP contribution in [-0.4, -0.2) is 22.5 Å². The number of ether oxygens (including phenoxy) is 1. The van der Waals surface area contributed by atoms with Gasteiger partial charge in [-0.25, -0.2) is 9.97 Å². The van der Waals surface area contributed by atoms with E-state index in [0.717, 1.165) is 0 Å². The lowest BCUT2D eigenvalue weighted by Crippen LogP contribution is -2.17. The van der Waals surface area contributed by atoms with Gasteiger partial charge in [0.1, 0.15) is 10.9 Å². The van der Waals surface area contributed by atoms with Gasteiger partial charge in [0.25, 0.3) is 0 Å². The van der Waals surface area contributed by atoms with E-state index in [4.69, 9.17) is 22.1 Å². The molecule has 1 aromatic heterocycles. The van der Waals surface area contributed by atoms with E-state index in [1.807, 2.05) is 0 Å². The third kappa shape index (κ3) is 4.92. The molecule has 2 aromatic rings. The van der Waals surface area contributed by atoms with E-state index in [0.29, 0.717) is 17.1 Å². The van der Waals surface area contributed by atoms with Crippen LogP contribution in [0, 0.1) is 6.92 Å². The average molecular weight is 307 g/mol. The number of anilines is 2. The maximum absolute atomic E-state index is 11.8. The minimum Gasteiger partial charge on any atom is -0.493 e. The third-order valence-corrected chi connectivity index (χ3v) is 2.72. The van der Waals surface area contributed by atoms with Crippen molar-refractivity contribution in [2.45, 2.75) is 13.3 Å². The minimum absolute atomic E-state index is 0.170. The predicted octanol–water partition coefficient (Wildman–Crippen LogP) is 2.43. The van der Waals surface area contributed by atoms with E-state index >= 15 is 0 Å². The maximum atomic E-state index is 11.8. The van der Waals surface area contributed by atoms with Crippen molar-refractivity contribution in [2.75, 3.05) is 17.7 Å². The molecule has 0 fully saturated rings. The summed E-state index contributed by atoms with van der Waals surface area (Å²) in [5.41, 5.74) is 6.92. The number of carbonyl (C=O) groups excluding carboxylic acids is 1. The van der Waals surface area contributed by atoms with Crippen LogP contribution in [0.5, 0.6) is 5.75 Å². The SMILES string of the molecule is Cc1cc(Cl)nc(NC(=O)CCOc2cccc(N)c2)n1. The molecule has 110 valence electrons. The normalized spacial score (nSPS) is 10.2. The molecule has 0 unspecified atom stereocenters. The lowest BCUT2D eigenvalue weighted by molar-refractivity contribution is -0.116. The number of hydrogen-bond donors (Lipinski definition) is 2. The number of rotatable bonds is 5. The van der Waals surface area contributed by atoms with Crippen molar-refractivity contribution < 1.29 is 9.53 Å². The van der Waals surface area contributed by atoms with Crippen molar-refractivity contribution >= 4 is 29.1 Å². The van der Waals surface area contributed by atoms with Crippen molar-refractivity contribution in [3.63, 3.8) is 0 Å². The van der Waals surface area contributed by atoms with Crippen LogP contribution in [0.2, 0.25) is 5.15 Å². The van der Waals surface area contributed by atoms with E-state index in [-0.39, 0.29) is 30.0 Å². The lowest BCUT2D eigenvalue weighted by atomic mass is 10.3. The molecule has 0 aliphatic carbocycles. The van der Waals surface area contributed by atoms with Gasteiger partial charge in [-0.1, -0.05) is 17.7 Å². The first-order valence-corrected chi connectivity index (χ1v) is 6.70. The number of aryl methyl sites for hydroxylation is 1. The van der Waals surface area contributed by atoms with Gasteiger partial charge >= 0.3 is 0 Å². The highest BCUT2D eigenvalue weighted by Gasteiger charge is 2.06. The molecule has 1 amide bonds. The second-order valence-electron chi connectivity index (χ2n) is 4.37. The van der Waals surface area contributed by atoms with Crippen LogP contribution in [0.4, 0.5) is 11.6 Å². The molecule has 0 bridgehead atoms. The second-order valence-corrected chi connectivity index (χ2v) is 4.76. The van der Waals surface area contributed by atoms with Crippen LogP contribution in [0.3, 0.4) is 0 Å². The zero-order valence-electron chi connectivity index (χ0n) is 11.5. The predicted molar refractivity (Wildman–Crippen MR) is 81.4 cm³/mol. The molecule has 1 heterocycles. The third-order valence-electron chi connectivity index (χ3n) is 2.53. The highest BCUT2D eigenvalue weighted by Crippen LogP contribution is 2.14. The van der Waals surface area contributed by atoms with E-state index in [9.17, 15) is 4.79 Å². The van der Waals surface area contributed by atoms with Crippen LogP contribution in [-0.2, 0) is 4.79 Å². The Morgan fingerprint density at radius 3 is 2.90 bits per heavy atom. The lowest BCUT2D eigenvalue weighted by Gasteiger charge is -2.07. The number of amides is 1. The quantitative estimate of drug-likeness (QED) is 0.654. The first-order valence-electron chi connectivity index (χ1n) is 6.32. The molecule has 0 saturated heterocycles. The highest BCUT2D eigenvalue weighted by atomic mass is 35.5. The summed E-state index contributed by atoms with van der Waals surface area (Å²) >= 11 is 5.79. The fourth-order valence-corrected chi connectivity index (χ4v) is 1.88. The van der Waals surface area contributed by atoms with Crippen molar-refractivity contribution in [3.8, 4) is 5.75 Å². The van der Waals surface area contributed by atoms with Crippen LogP contribution in [0.1, 0.15) is 12.1 Å². The number of nitrogens with zero attached hydrogens (tertiary/aromatic N) is 2. The van der Waals surface area contributed by atoms with Crippen molar-refractivity contribution in [1.29, 1.82) is 0 Å². The minimum atomic E-state index is -0.249. The van der Waals surface area contributed by atoms with Gasteiger partial charge in [-0.3, -0.25) is 10.1 Å². The van der Waals surface area contributed by atoms with E-state index in [2.05, 4.69) is 15.3 Å². The van der Waals surface area contributed by atoms with E-state index in [1.54, 1.807) is 37.3 Å². The molecular formula is C14H15ClN4O2. The molecule has 7 heteroatoms. The molecule has 0 atom stereocenters. The van der Waals surface area contributed by atoms with Crippen LogP contribution in [0.25, 0.3) is 0 Å². The molecule has 6 nitrogen and oxygen atoms in total. The van der Waals surface area contributed by atoms with Gasteiger partial charge in [0.05, 0.1) is 13.0 Å². The summed E-state index contributed by atoms with van der Waals surface area (Å²) in [4.78, 5) is 19.7. The van der Waals surface area contributed by atoms with Crippen LogP contribution < -0.4 is 15.8 Å². The topological polar surface area (TPSA) is 90.1 Å². The Kier molecular flexibility index (Phi) is 4.94. The smallest absolute Gasteiger partial charge is 0.231 e. The number of carbonyl (C=O) groups is 1. The number of halogens is 1. The molecule has 0 saturated carbocycles. The van der Waals surface area contributed by atoms with Gasteiger partial charge in [0, 0.05) is 17.4 Å². The van der Waals surface area contributed by atoms with Gasteiger partial charge in [0.15, 0.2) is 0 Å². The summed E-state index contributed by atoms with van der Waals surface area (Å²) in [5, 5.41) is 2.86. The first-order chi connectivity index (χ1) is 10.0. The monoisotopic (exact) mass is 306 g/mol. The summed E-state index contributed by atoms with van der Waals surface area (Å²) in [5.74, 6) is 0.562. The molecule has 21 heavy (non-hydrogen) atoms. The Balaban J connectivity index is 1.82. The van der Waals surface area contributed by atoms with Gasteiger partial charge in [-0.15, -0.1) is 0 Å². The number of nitrogens with one attached hydrogen (secondary N) is 1. The Labute approximate surface area is 127 Å². The van der Waals surface area contributed by atoms with Crippen LogP contribution in [0.15, 0.2) is 30.3 Å². The maximum Gasteiger partial charge on any atom is 0.231 e. The molecule has 0 aliphatic heterocycles. The molecule has 2 rings (SSSR count). The zero-order valence-corrected chi connectivity index (χ0v) is 12.2. The molecule has 1 aromatic carbocycles. The molecule has 0 spiro atoms. The van der Waals surface area contributed by atoms with Crippen molar-refractivity contribution in [1.82, 2.24) is 9.97 Å². The molecular weight excluding hydrogens is 292 g/mol. The molecule has 0 aliphatic rings. The summed E-state index contributed by atoms with van der Waals surface area (Å²) in [6.45, 7) is 2.00. The van der Waals surface area contributed by atoms with Gasteiger partial charge in [-0.2, -0.15) is 0 Å². The van der Waals surface area contributed by atoms with E-state index in [1.165, 1.54) is 0 Å². The Morgan fingerprint density at radius 1 is 1.38 bits per heavy atom. The van der Waals surface area contributed by atoms with Crippen LogP contribution >= 0.6 is 11.6 Å². The zero-order chi connectivity index (χ0) is 15.2. The number of hydrogen-bond acceptors (Lipinski definition) is 5. The van der Waals surface area contributed by atoms with Gasteiger partial charge in [0.2, 0.25) is 11.9 Å².